The van der Waals surface area contributed by atoms with Gasteiger partial charge in [-0.3, -0.25) is 5.32 Å². The number of rotatable bonds is 2. The molecule has 0 aliphatic carbocycles. The lowest BCUT2D eigenvalue weighted by molar-refractivity contribution is 0.180. The molecule has 1 aromatic rings. The minimum atomic E-state index is -0.586. The Kier molecular flexibility index (Phi) is 3.86. The fourth-order valence-electron chi connectivity index (χ4n) is 0.737. The van der Waals surface area contributed by atoms with Gasteiger partial charge in [0, 0.05) is 10.7 Å². The molecule has 1 rings (SSSR count). The molecule has 1 aromatic carbocycles. The molecule has 0 saturated carbocycles. The number of carbonyl (C=O) groups excluding carboxylic acids is 1. The highest BCUT2D eigenvalue weighted by Gasteiger charge is 2.00. The smallest absolute Gasteiger partial charge is 0.412 e. The largest absolute Gasteiger partial charge is 0.433 e. The first-order valence-corrected chi connectivity index (χ1v) is 4.39. The second-order valence-electron chi connectivity index (χ2n) is 2.17. The zero-order valence-corrected chi connectivity index (χ0v) is 8.10. The Morgan fingerprint density at radius 3 is 2.54 bits per heavy atom. The van der Waals surface area contributed by atoms with Crippen molar-refractivity contribution in [1.29, 1.82) is 0 Å². The van der Waals surface area contributed by atoms with E-state index in [1.54, 1.807) is 24.3 Å². The van der Waals surface area contributed by atoms with E-state index >= 15 is 0 Å². The van der Waals surface area contributed by atoms with E-state index in [1.807, 2.05) is 0 Å². The minimum absolute atomic E-state index is 0.167. The third-order valence-electron chi connectivity index (χ3n) is 1.28. The normalized spacial score (nSPS) is 9.38. The van der Waals surface area contributed by atoms with E-state index < -0.39 is 6.09 Å². The van der Waals surface area contributed by atoms with Crippen LogP contribution in [0.15, 0.2) is 24.3 Å². The number of anilines is 1. The van der Waals surface area contributed by atoms with Gasteiger partial charge in [0.2, 0.25) is 0 Å². The average molecular weight is 220 g/mol. The lowest BCUT2D eigenvalue weighted by Crippen LogP contribution is -2.12. The summed E-state index contributed by atoms with van der Waals surface area (Å²) in [6.07, 6.45) is -0.586. The molecule has 0 heterocycles. The van der Waals surface area contributed by atoms with Crippen LogP contribution in [0.4, 0.5) is 10.5 Å². The van der Waals surface area contributed by atoms with Crippen molar-refractivity contribution < 1.29 is 9.53 Å². The van der Waals surface area contributed by atoms with Crippen LogP contribution in [-0.4, -0.2) is 12.2 Å². The molecule has 0 saturated heterocycles. The number of ether oxygens (including phenoxy) is 1. The molecule has 0 atom stereocenters. The van der Waals surface area contributed by atoms with Gasteiger partial charge in [-0.05, 0) is 24.3 Å². The summed E-state index contributed by atoms with van der Waals surface area (Å²) in [5.74, 6) is 0. The molecular formula is C8H7Cl2NO2. The third-order valence-corrected chi connectivity index (χ3v) is 1.64. The highest BCUT2D eigenvalue weighted by molar-refractivity contribution is 6.30. The third kappa shape index (κ3) is 3.53. The number of hydrogen-bond acceptors (Lipinski definition) is 2. The standard InChI is InChI=1S/C8H7Cl2NO2/c9-5-13-8(12)11-7-3-1-6(10)2-4-7/h1-4H,5H2,(H,11,12). The predicted molar refractivity (Wildman–Crippen MR) is 52.3 cm³/mol. The van der Waals surface area contributed by atoms with E-state index in [2.05, 4.69) is 10.1 Å². The van der Waals surface area contributed by atoms with Crippen molar-refractivity contribution in [2.24, 2.45) is 0 Å². The van der Waals surface area contributed by atoms with Crippen LogP contribution in [0.1, 0.15) is 0 Å². The predicted octanol–water partition coefficient (Wildman–Crippen LogP) is 3.08. The van der Waals surface area contributed by atoms with Crippen LogP contribution < -0.4 is 5.32 Å². The zero-order valence-electron chi connectivity index (χ0n) is 6.59. The van der Waals surface area contributed by atoms with Crippen molar-refractivity contribution in [3.05, 3.63) is 29.3 Å². The molecule has 1 N–H and O–H groups in total. The topological polar surface area (TPSA) is 38.3 Å². The van der Waals surface area contributed by atoms with E-state index in [-0.39, 0.29) is 6.07 Å². The van der Waals surface area contributed by atoms with Gasteiger partial charge in [0.1, 0.15) is 0 Å². The number of alkyl halides is 1. The van der Waals surface area contributed by atoms with Gasteiger partial charge in [0.25, 0.3) is 0 Å². The second kappa shape index (κ2) is 4.94. The number of carbonyl (C=O) groups is 1. The maximum atomic E-state index is 10.8. The van der Waals surface area contributed by atoms with Crippen molar-refractivity contribution in [3.63, 3.8) is 0 Å². The van der Waals surface area contributed by atoms with Crippen molar-refractivity contribution in [3.8, 4) is 0 Å². The zero-order chi connectivity index (χ0) is 9.68. The van der Waals surface area contributed by atoms with Crippen LogP contribution in [0.2, 0.25) is 5.02 Å². The quantitative estimate of drug-likeness (QED) is 0.777. The van der Waals surface area contributed by atoms with Crippen LogP contribution in [0, 0.1) is 0 Å². The van der Waals surface area contributed by atoms with Crippen molar-refractivity contribution in [1.82, 2.24) is 0 Å². The van der Waals surface area contributed by atoms with E-state index in [1.165, 1.54) is 0 Å². The molecular weight excluding hydrogens is 213 g/mol. The summed E-state index contributed by atoms with van der Waals surface area (Å²) >= 11 is 10.8. The Hall–Kier alpha value is -0.930. The fourth-order valence-corrected chi connectivity index (χ4v) is 0.962. The summed E-state index contributed by atoms with van der Waals surface area (Å²) in [5, 5.41) is 3.07. The maximum absolute atomic E-state index is 10.8. The molecule has 3 nitrogen and oxygen atoms in total. The fraction of sp³-hybridized carbons (Fsp3) is 0.125. The van der Waals surface area contributed by atoms with E-state index in [4.69, 9.17) is 23.2 Å². The van der Waals surface area contributed by atoms with E-state index in [9.17, 15) is 4.79 Å². The van der Waals surface area contributed by atoms with Crippen LogP contribution in [-0.2, 0) is 4.74 Å². The summed E-state index contributed by atoms with van der Waals surface area (Å²) in [6, 6.07) is 6.49. The van der Waals surface area contributed by atoms with Gasteiger partial charge in [0.15, 0.2) is 6.07 Å². The lowest BCUT2D eigenvalue weighted by Gasteiger charge is -2.03. The van der Waals surface area contributed by atoms with Gasteiger partial charge in [0.05, 0.1) is 0 Å². The first-order valence-electron chi connectivity index (χ1n) is 3.47. The molecule has 5 heteroatoms. The molecule has 0 fully saturated rings. The Morgan fingerprint density at radius 2 is 2.00 bits per heavy atom. The number of hydrogen-bond donors (Lipinski definition) is 1. The van der Waals surface area contributed by atoms with Gasteiger partial charge < -0.3 is 4.74 Å². The summed E-state index contributed by atoms with van der Waals surface area (Å²) in [4.78, 5) is 10.8. The summed E-state index contributed by atoms with van der Waals surface area (Å²) in [7, 11) is 0. The average Bonchev–Trinajstić information content (AvgIpc) is 2.09. The molecule has 70 valence electrons. The molecule has 0 bridgehead atoms. The van der Waals surface area contributed by atoms with Crippen molar-refractivity contribution in [2.75, 3.05) is 11.4 Å². The molecule has 0 aromatic heterocycles. The first-order chi connectivity index (χ1) is 6.22. The SMILES string of the molecule is O=C(Nc1ccc(Cl)cc1)OCCl. The van der Waals surface area contributed by atoms with Crippen molar-refractivity contribution >= 4 is 35.0 Å². The number of benzene rings is 1. The van der Waals surface area contributed by atoms with Gasteiger partial charge in [-0.25, -0.2) is 4.79 Å². The molecule has 0 radical (unpaired) electrons. The Morgan fingerprint density at radius 1 is 1.38 bits per heavy atom. The lowest BCUT2D eigenvalue weighted by atomic mass is 10.3. The number of nitrogens with one attached hydrogen (secondary N) is 1. The minimum Gasteiger partial charge on any atom is -0.433 e. The maximum Gasteiger partial charge on any atom is 0.412 e. The van der Waals surface area contributed by atoms with E-state index in [0.717, 1.165) is 0 Å². The summed E-state index contributed by atoms with van der Waals surface area (Å²) < 4.78 is 4.46. The monoisotopic (exact) mass is 219 g/mol. The highest BCUT2D eigenvalue weighted by atomic mass is 35.5. The Bertz CT molecular complexity index is 287. The van der Waals surface area contributed by atoms with Gasteiger partial charge in [-0.2, -0.15) is 0 Å². The highest BCUT2D eigenvalue weighted by Crippen LogP contribution is 2.13. The molecule has 0 unspecified atom stereocenters. The van der Waals surface area contributed by atoms with Crippen molar-refractivity contribution in [2.45, 2.75) is 0 Å². The summed E-state index contributed by atoms with van der Waals surface area (Å²) in [6.45, 7) is 0. The van der Waals surface area contributed by atoms with Crippen LogP contribution in [0.3, 0.4) is 0 Å². The molecule has 0 spiro atoms. The molecule has 13 heavy (non-hydrogen) atoms. The van der Waals surface area contributed by atoms with Gasteiger partial charge >= 0.3 is 6.09 Å². The molecule has 0 aliphatic rings. The van der Waals surface area contributed by atoms with E-state index in [0.29, 0.717) is 10.7 Å². The summed E-state index contributed by atoms with van der Waals surface area (Å²) in [5.41, 5.74) is 0.611. The second-order valence-corrected chi connectivity index (χ2v) is 2.83. The first kappa shape index (κ1) is 10.2. The number of halogens is 2. The molecule has 1 amide bonds. The van der Waals surface area contributed by atoms with Crippen LogP contribution >= 0.6 is 23.2 Å². The van der Waals surface area contributed by atoms with Gasteiger partial charge in [-0.15, -0.1) is 0 Å². The Balaban J connectivity index is 2.54. The van der Waals surface area contributed by atoms with Crippen LogP contribution in [0.25, 0.3) is 0 Å². The van der Waals surface area contributed by atoms with Gasteiger partial charge in [-0.1, -0.05) is 23.2 Å². The molecule has 0 aliphatic heterocycles. The number of amides is 1. The van der Waals surface area contributed by atoms with Crippen LogP contribution in [0.5, 0.6) is 0 Å². The Labute approximate surface area is 85.6 Å².